The van der Waals surface area contributed by atoms with E-state index in [0.717, 1.165) is 27.3 Å². The van der Waals surface area contributed by atoms with E-state index in [1.807, 2.05) is 68.6 Å². The Bertz CT molecular complexity index is 1830. The molecule has 8 heteroatoms. The number of hydrogen-bond donors (Lipinski definition) is 0. The summed E-state index contributed by atoms with van der Waals surface area (Å²) in [5.41, 5.74) is 6.52. The van der Waals surface area contributed by atoms with Gasteiger partial charge in [0.25, 0.3) is 11.8 Å². The van der Waals surface area contributed by atoms with Crippen molar-refractivity contribution >= 4 is 17.9 Å². The van der Waals surface area contributed by atoms with Crippen molar-refractivity contribution in [3.63, 3.8) is 0 Å². The highest BCUT2D eigenvalue weighted by atomic mass is 16.7. The van der Waals surface area contributed by atoms with Crippen molar-refractivity contribution in [2.45, 2.75) is 27.3 Å². The van der Waals surface area contributed by atoms with Crippen LogP contribution in [-0.4, -0.2) is 33.3 Å². The Hall–Kier alpha value is -5.42. The Morgan fingerprint density at radius 3 is 2.51 bits per heavy atom. The maximum atomic E-state index is 13.9. The summed E-state index contributed by atoms with van der Waals surface area (Å²) in [6, 6.07) is 23.1. The van der Waals surface area contributed by atoms with Crippen molar-refractivity contribution in [1.29, 1.82) is 5.26 Å². The van der Waals surface area contributed by atoms with E-state index in [9.17, 15) is 14.9 Å². The fourth-order valence-corrected chi connectivity index (χ4v) is 5.06. The minimum atomic E-state index is -0.625. The number of ether oxygens (including phenoxy) is 2. The number of rotatable bonds is 5. The molecule has 3 aromatic carbocycles. The number of aryl methyl sites for hydroxylation is 2. The van der Waals surface area contributed by atoms with E-state index >= 15 is 0 Å². The van der Waals surface area contributed by atoms with E-state index in [2.05, 4.69) is 6.07 Å². The number of carbonyl (C=O) groups is 2. The molecule has 0 bridgehead atoms. The third-order valence-corrected chi connectivity index (χ3v) is 7.31. The number of aromatic nitrogens is 2. The van der Waals surface area contributed by atoms with Crippen LogP contribution >= 0.6 is 0 Å². The highest BCUT2D eigenvalue weighted by Gasteiger charge is 2.36. The molecule has 6 rings (SSSR count). The van der Waals surface area contributed by atoms with Gasteiger partial charge < -0.3 is 9.47 Å². The molecule has 0 saturated carbocycles. The molecule has 202 valence electrons. The van der Waals surface area contributed by atoms with Gasteiger partial charge in [-0.3, -0.25) is 14.5 Å². The van der Waals surface area contributed by atoms with Crippen LogP contribution in [0, 0.1) is 25.2 Å². The highest BCUT2D eigenvalue weighted by Crippen LogP contribution is 2.35. The molecule has 0 aliphatic carbocycles. The van der Waals surface area contributed by atoms with E-state index in [4.69, 9.17) is 14.6 Å². The molecule has 0 saturated heterocycles. The second kappa shape index (κ2) is 10.3. The van der Waals surface area contributed by atoms with Crippen LogP contribution in [0.25, 0.3) is 23.0 Å². The third-order valence-electron chi connectivity index (χ3n) is 7.31. The van der Waals surface area contributed by atoms with E-state index in [-0.39, 0.29) is 24.5 Å². The Morgan fingerprint density at radius 1 is 0.951 bits per heavy atom. The topological polar surface area (TPSA) is 97.5 Å². The molecule has 2 aliphatic heterocycles. The largest absolute Gasteiger partial charge is 0.454 e. The van der Waals surface area contributed by atoms with E-state index < -0.39 is 11.8 Å². The van der Waals surface area contributed by atoms with Crippen molar-refractivity contribution in [2.24, 2.45) is 0 Å². The lowest BCUT2D eigenvalue weighted by molar-refractivity contribution is -0.141. The molecule has 0 N–H and O–H groups in total. The summed E-state index contributed by atoms with van der Waals surface area (Å²) in [5.74, 6) is 0.0467. The van der Waals surface area contributed by atoms with Gasteiger partial charge >= 0.3 is 0 Å². The highest BCUT2D eigenvalue weighted by molar-refractivity contribution is 6.19. The Labute approximate surface area is 237 Å². The van der Waals surface area contributed by atoms with Crippen LogP contribution in [0.1, 0.15) is 29.2 Å². The molecule has 4 aromatic rings. The molecule has 0 fully saturated rings. The zero-order valence-corrected chi connectivity index (χ0v) is 22.8. The number of nitrogens with zero attached hydrogens (tertiary/aromatic N) is 4. The van der Waals surface area contributed by atoms with Gasteiger partial charge in [-0.2, -0.15) is 10.4 Å². The molecule has 1 aromatic heterocycles. The fraction of sp³-hybridized carbons (Fsp3) is 0.152. The number of benzene rings is 3. The van der Waals surface area contributed by atoms with Crippen LogP contribution in [0.3, 0.4) is 0 Å². The van der Waals surface area contributed by atoms with Gasteiger partial charge in [0.15, 0.2) is 11.5 Å². The summed E-state index contributed by atoms with van der Waals surface area (Å²) in [4.78, 5) is 28.3. The van der Waals surface area contributed by atoms with Crippen LogP contribution in [0.2, 0.25) is 0 Å². The molecule has 3 heterocycles. The van der Waals surface area contributed by atoms with Crippen LogP contribution in [0.4, 0.5) is 0 Å². The van der Waals surface area contributed by atoms with E-state index in [1.165, 1.54) is 0 Å². The SMILES string of the molecule is CC1=C(C#N)C(=O)N(Cc2ccc3c(c2)OCO3)C(=O)/C1=C/c1cn(-c2ccccc2)nc1-c1cc(C)ccc1C. The summed E-state index contributed by atoms with van der Waals surface area (Å²) in [5, 5.41) is 14.8. The lowest BCUT2D eigenvalue weighted by Crippen LogP contribution is -2.42. The number of amides is 2. The zero-order valence-electron chi connectivity index (χ0n) is 22.8. The number of fused-ring (bicyclic) bond motifs is 1. The first-order valence-electron chi connectivity index (χ1n) is 13.1. The van der Waals surface area contributed by atoms with E-state index in [0.29, 0.717) is 33.9 Å². The summed E-state index contributed by atoms with van der Waals surface area (Å²) in [6.45, 7) is 5.77. The lowest BCUT2D eigenvalue weighted by Gasteiger charge is -2.27. The Balaban J connectivity index is 1.47. The summed E-state index contributed by atoms with van der Waals surface area (Å²) in [7, 11) is 0. The van der Waals surface area contributed by atoms with Gasteiger partial charge in [0, 0.05) is 22.9 Å². The quantitative estimate of drug-likeness (QED) is 0.238. The van der Waals surface area contributed by atoms with Crippen LogP contribution in [0.5, 0.6) is 11.5 Å². The Kier molecular flexibility index (Phi) is 6.48. The van der Waals surface area contributed by atoms with Gasteiger partial charge in [0.1, 0.15) is 17.3 Å². The zero-order chi connectivity index (χ0) is 28.7. The van der Waals surface area contributed by atoms with Gasteiger partial charge in [0.05, 0.1) is 12.2 Å². The predicted molar refractivity (Wildman–Crippen MR) is 153 cm³/mol. The minimum Gasteiger partial charge on any atom is -0.454 e. The van der Waals surface area contributed by atoms with E-state index in [1.54, 1.807) is 35.9 Å². The molecule has 2 amide bonds. The first kappa shape index (κ1) is 25.8. The van der Waals surface area contributed by atoms with Crippen LogP contribution in [0.15, 0.2) is 89.6 Å². The average Bonchev–Trinajstić information content (AvgIpc) is 3.62. The van der Waals surface area contributed by atoms with Crippen molar-refractivity contribution in [2.75, 3.05) is 6.79 Å². The van der Waals surface area contributed by atoms with Gasteiger partial charge in [-0.05, 0) is 73.9 Å². The third kappa shape index (κ3) is 4.68. The molecule has 41 heavy (non-hydrogen) atoms. The second-order valence-electron chi connectivity index (χ2n) is 10.1. The monoisotopic (exact) mass is 542 g/mol. The first-order chi connectivity index (χ1) is 19.8. The first-order valence-corrected chi connectivity index (χ1v) is 13.1. The standard InChI is InChI=1S/C33H26N4O4/c1-20-9-10-21(2)26(13-20)31-24(18-37(35-31)25-7-5-4-6-8-25)15-27-22(3)28(16-34)33(39)36(32(27)38)17-23-11-12-29-30(14-23)41-19-40-29/h4-15,18H,17,19H2,1-3H3/b27-15+. The molecule has 0 atom stereocenters. The molecule has 8 nitrogen and oxygen atoms in total. The lowest BCUT2D eigenvalue weighted by atomic mass is 9.92. The summed E-state index contributed by atoms with van der Waals surface area (Å²) >= 11 is 0. The smallest absolute Gasteiger partial charge is 0.271 e. The molecule has 0 unspecified atom stereocenters. The van der Waals surface area contributed by atoms with Gasteiger partial charge in [-0.25, -0.2) is 4.68 Å². The molecular weight excluding hydrogens is 516 g/mol. The summed E-state index contributed by atoms with van der Waals surface area (Å²) in [6.07, 6.45) is 3.60. The molecular formula is C33H26N4O4. The maximum Gasteiger partial charge on any atom is 0.271 e. The second-order valence-corrected chi connectivity index (χ2v) is 10.1. The maximum absolute atomic E-state index is 13.9. The van der Waals surface area contributed by atoms with Crippen molar-refractivity contribution in [3.8, 4) is 34.5 Å². The number of nitriles is 1. The van der Waals surface area contributed by atoms with Crippen LogP contribution in [-0.2, 0) is 16.1 Å². The minimum absolute atomic E-state index is 0.0166. The fourth-order valence-electron chi connectivity index (χ4n) is 5.06. The van der Waals surface area contributed by atoms with Gasteiger partial charge in [-0.15, -0.1) is 0 Å². The predicted octanol–water partition coefficient (Wildman–Crippen LogP) is 5.68. The van der Waals surface area contributed by atoms with Crippen molar-refractivity contribution in [3.05, 3.63) is 112 Å². The van der Waals surface area contributed by atoms with Crippen LogP contribution < -0.4 is 9.47 Å². The van der Waals surface area contributed by atoms with Gasteiger partial charge in [-0.1, -0.05) is 42.0 Å². The van der Waals surface area contributed by atoms with Gasteiger partial charge in [0.2, 0.25) is 6.79 Å². The van der Waals surface area contributed by atoms with Crippen molar-refractivity contribution < 1.29 is 19.1 Å². The molecule has 2 aliphatic rings. The molecule has 0 radical (unpaired) electrons. The number of imide groups is 1. The number of hydrogen-bond acceptors (Lipinski definition) is 6. The summed E-state index contributed by atoms with van der Waals surface area (Å²) < 4.78 is 12.6. The normalized spacial score (nSPS) is 15.6. The number of para-hydroxylation sites is 1. The van der Waals surface area contributed by atoms with Crippen molar-refractivity contribution in [1.82, 2.24) is 14.7 Å². The average molecular weight is 543 g/mol. The number of carbonyl (C=O) groups excluding carboxylic acids is 2. The molecule has 0 spiro atoms. The Morgan fingerprint density at radius 2 is 1.73 bits per heavy atom.